The number of nitrogens with one attached hydrogen (secondary N) is 1. The number of rotatable bonds is 3. The molecule has 108 valence electrons. The van der Waals surface area contributed by atoms with Gasteiger partial charge in [-0.3, -0.25) is 4.79 Å². The highest BCUT2D eigenvalue weighted by molar-refractivity contribution is 7.89. The van der Waals surface area contributed by atoms with E-state index < -0.39 is 26.6 Å². The Labute approximate surface area is 114 Å². The van der Waals surface area contributed by atoms with Gasteiger partial charge in [0.1, 0.15) is 25.3 Å². The average Bonchev–Trinajstić information content (AvgIpc) is 2.38. The zero-order valence-corrected chi connectivity index (χ0v) is 10.9. The number of primary sulfonamides is 1. The van der Waals surface area contributed by atoms with Crippen molar-refractivity contribution in [2.45, 2.75) is 4.90 Å². The topological polar surface area (TPSA) is 108 Å². The number of ether oxygens (including phenoxy) is 2. The number of benzene rings is 1. The highest BCUT2D eigenvalue weighted by Gasteiger charge is 2.17. The van der Waals surface area contributed by atoms with Gasteiger partial charge in [-0.15, -0.1) is 0 Å². The monoisotopic (exact) mass is 302 g/mol. The molecule has 0 saturated carbocycles. The number of nitrogens with two attached hydrogens (primary N) is 1. The smallest absolute Gasteiger partial charge is 0.294 e. The van der Waals surface area contributed by atoms with E-state index in [4.69, 9.17) is 14.6 Å². The molecule has 0 aromatic heterocycles. The molecule has 1 aromatic carbocycles. The van der Waals surface area contributed by atoms with Gasteiger partial charge in [-0.25, -0.2) is 17.9 Å². The van der Waals surface area contributed by atoms with Crippen LogP contribution in [0, 0.1) is 5.82 Å². The van der Waals surface area contributed by atoms with Crippen LogP contribution in [-0.4, -0.2) is 27.5 Å². The maximum absolute atomic E-state index is 13.3. The van der Waals surface area contributed by atoms with Crippen LogP contribution in [0.4, 0.5) is 10.1 Å². The van der Waals surface area contributed by atoms with Crippen LogP contribution in [0.15, 0.2) is 35.1 Å². The van der Waals surface area contributed by atoms with Crippen molar-refractivity contribution in [1.29, 1.82) is 0 Å². The molecular formula is C11H11FN2O5S. The summed E-state index contributed by atoms with van der Waals surface area (Å²) >= 11 is 0. The number of carbonyl (C=O) groups excluding carboxylic acids is 1. The van der Waals surface area contributed by atoms with Crippen molar-refractivity contribution in [3.05, 3.63) is 36.0 Å². The van der Waals surface area contributed by atoms with E-state index in [1.165, 1.54) is 0 Å². The summed E-state index contributed by atoms with van der Waals surface area (Å²) in [7, 11) is -4.07. The van der Waals surface area contributed by atoms with Crippen LogP contribution in [0.2, 0.25) is 0 Å². The number of hydrogen-bond acceptors (Lipinski definition) is 5. The van der Waals surface area contributed by atoms with E-state index in [9.17, 15) is 17.6 Å². The lowest BCUT2D eigenvalue weighted by atomic mass is 10.3. The second kappa shape index (κ2) is 5.47. The minimum Gasteiger partial charge on any atom is -0.494 e. The van der Waals surface area contributed by atoms with Crippen molar-refractivity contribution in [2.24, 2.45) is 5.14 Å². The van der Waals surface area contributed by atoms with Crippen molar-refractivity contribution in [3.63, 3.8) is 0 Å². The van der Waals surface area contributed by atoms with E-state index in [0.29, 0.717) is 6.61 Å². The lowest BCUT2D eigenvalue weighted by Crippen LogP contribution is -2.21. The van der Waals surface area contributed by atoms with Crippen molar-refractivity contribution >= 4 is 21.6 Å². The summed E-state index contributed by atoms with van der Waals surface area (Å²) in [6.07, 6.45) is 1.12. The van der Waals surface area contributed by atoms with Crippen LogP contribution >= 0.6 is 0 Å². The number of hydrogen-bond donors (Lipinski definition) is 2. The zero-order valence-electron chi connectivity index (χ0n) is 10.1. The largest absolute Gasteiger partial charge is 0.494 e. The fourth-order valence-electron chi connectivity index (χ4n) is 1.48. The Hall–Kier alpha value is -2.13. The second-order valence-electron chi connectivity index (χ2n) is 3.88. The second-order valence-corrected chi connectivity index (χ2v) is 5.44. The third kappa shape index (κ3) is 3.45. The van der Waals surface area contributed by atoms with Crippen LogP contribution in [0.3, 0.4) is 0 Å². The highest BCUT2D eigenvalue weighted by Crippen LogP contribution is 2.18. The van der Waals surface area contributed by atoms with Crippen molar-refractivity contribution < 1.29 is 27.1 Å². The first kappa shape index (κ1) is 14.3. The molecule has 0 spiro atoms. The number of anilines is 1. The van der Waals surface area contributed by atoms with Gasteiger partial charge >= 0.3 is 0 Å². The van der Waals surface area contributed by atoms with E-state index >= 15 is 0 Å². The van der Waals surface area contributed by atoms with Gasteiger partial charge in [-0.1, -0.05) is 0 Å². The van der Waals surface area contributed by atoms with Crippen LogP contribution in [0.25, 0.3) is 0 Å². The molecule has 9 heteroatoms. The molecule has 0 bridgehead atoms. The first-order valence-corrected chi connectivity index (χ1v) is 7.00. The predicted molar refractivity (Wildman–Crippen MR) is 66.4 cm³/mol. The molecule has 1 aliphatic rings. The molecule has 3 N–H and O–H groups in total. The Morgan fingerprint density at radius 1 is 1.30 bits per heavy atom. The van der Waals surface area contributed by atoms with Crippen LogP contribution in [-0.2, 0) is 24.3 Å². The number of sulfonamides is 1. The molecule has 1 amide bonds. The molecule has 0 saturated heterocycles. The van der Waals surface area contributed by atoms with Gasteiger partial charge in [0.2, 0.25) is 15.8 Å². The molecule has 0 fully saturated rings. The first-order chi connectivity index (χ1) is 9.36. The molecule has 0 atom stereocenters. The molecule has 2 rings (SSSR count). The quantitative estimate of drug-likeness (QED) is 0.835. The van der Waals surface area contributed by atoms with Gasteiger partial charge in [0, 0.05) is 5.69 Å². The zero-order chi connectivity index (χ0) is 14.8. The summed E-state index contributed by atoms with van der Waals surface area (Å²) in [6.45, 7) is 0.539. The normalized spacial score (nSPS) is 14.8. The van der Waals surface area contributed by atoms with Gasteiger partial charge in [-0.2, -0.15) is 0 Å². The molecule has 1 aromatic rings. The standard InChI is InChI=1S/C11H11FN2O5S/c12-7-3-8(5-9(4-7)20(13,16)17)14-11(15)10-6-18-1-2-19-10/h3-6H,1-2H2,(H,14,15)(H2,13,16,17). The molecular weight excluding hydrogens is 291 g/mol. The number of carbonyl (C=O) groups is 1. The van der Waals surface area contributed by atoms with E-state index in [0.717, 1.165) is 24.5 Å². The third-order valence-electron chi connectivity index (χ3n) is 2.33. The highest BCUT2D eigenvalue weighted by atomic mass is 32.2. The van der Waals surface area contributed by atoms with E-state index in [-0.39, 0.29) is 18.1 Å². The van der Waals surface area contributed by atoms with Crippen molar-refractivity contribution in [2.75, 3.05) is 18.5 Å². The average molecular weight is 302 g/mol. The SMILES string of the molecule is NS(=O)(=O)c1cc(F)cc(NC(=O)C2=COCCO2)c1. The lowest BCUT2D eigenvalue weighted by molar-refractivity contribution is -0.117. The third-order valence-corrected chi connectivity index (χ3v) is 3.22. The van der Waals surface area contributed by atoms with E-state index in [1.807, 2.05) is 0 Å². The summed E-state index contributed by atoms with van der Waals surface area (Å²) in [5, 5.41) is 7.20. The van der Waals surface area contributed by atoms with Crippen molar-refractivity contribution in [1.82, 2.24) is 0 Å². The summed E-state index contributed by atoms with van der Waals surface area (Å²) in [6, 6.07) is 2.75. The minimum atomic E-state index is -4.07. The summed E-state index contributed by atoms with van der Waals surface area (Å²) in [4.78, 5) is 11.3. The number of amides is 1. The number of halogens is 1. The Balaban J connectivity index is 2.23. The minimum absolute atomic E-state index is 0.0610. The van der Waals surface area contributed by atoms with E-state index in [2.05, 4.69) is 5.32 Å². The van der Waals surface area contributed by atoms with Crippen molar-refractivity contribution in [3.8, 4) is 0 Å². The van der Waals surface area contributed by atoms with Gasteiger partial charge < -0.3 is 14.8 Å². The van der Waals surface area contributed by atoms with Crippen LogP contribution in [0.1, 0.15) is 0 Å². The molecule has 0 unspecified atom stereocenters. The fraction of sp³-hybridized carbons (Fsp3) is 0.182. The van der Waals surface area contributed by atoms with E-state index in [1.54, 1.807) is 0 Å². The lowest BCUT2D eigenvalue weighted by Gasteiger charge is -2.15. The summed E-state index contributed by atoms with van der Waals surface area (Å²) < 4.78 is 45.6. The van der Waals surface area contributed by atoms with Gasteiger partial charge in [-0.05, 0) is 18.2 Å². The molecule has 0 aliphatic carbocycles. The molecule has 7 nitrogen and oxygen atoms in total. The summed E-state index contributed by atoms with van der Waals surface area (Å²) in [5.74, 6) is -1.62. The Bertz CT molecular complexity index is 671. The molecule has 20 heavy (non-hydrogen) atoms. The maximum atomic E-state index is 13.3. The molecule has 1 aliphatic heterocycles. The first-order valence-electron chi connectivity index (χ1n) is 5.45. The Kier molecular flexibility index (Phi) is 3.91. The van der Waals surface area contributed by atoms with Crippen LogP contribution < -0.4 is 10.5 Å². The Morgan fingerprint density at radius 3 is 2.65 bits per heavy atom. The Morgan fingerprint density at radius 2 is 2.05 bits per heavy atom. The van der Waals surface area contributed by atoms with Gasteiger partial charge in [0.25, 0.3) is 5.91 Å². The molecule has 0 radical (unpaired) electrons. The fourth-order valence-corrected chi connectivity index (χ4v) is 2.05. The van der Waals surface area contributed by atoms with Gasteiger partial charge in [0.15, 0.2) is 0 Å². The maximum Gasteiger partial charge on any atom is 0.294 e. The van der Waals surface area contributed by atoms with Crippen LogP contribution in [0.5, 0.6) is 0 Å². The summed E-state index contributed by atoms with van der Waals surface area (Å²) in [5.41, 5.74) is -0.0610. The molecule has 1 heterocycles. The van der Waals surface area contributed by atoms with Gasteiger partial charge in [0.05, 0.1) is 4.90 Å². The predicted octanol–water partition coefficient (Wildman–Crippen LogP) is 0.300.